The number of aromatic amines is 1. The summed E-state index contributed by atoms with van der Waals surface area (Å²) < 4.78 is 1.29. The van der Waals surface area contributed by atoms with Gasteiger partial charge in [-0.2, -0.15) is 5.10 Å². The van der Waals surface area contributed by atoms with Crippen molar-refractivity contribution in [2.24, 2.45) is 5.11 Å². The van der Waals surface area contributed by atoms with E-state index in [4.69, 9.17) is 5.53 Å². The molecule has 0 aliphatic rings. The van der Waals surface area contributed by atoms with Crippen LogP contribution in [-0.4, -0.2) is 37.5 Å². The van der Waals surface area contributed by atoms with Crippen molar-refractivity contribution in [3.8, 4) is 0 Å². The maximum atomic E-state index is 11.4. The molecule has 0 radical (unpaired) electrons. The van der Waals surface area contributed by atoms with E-state index in [1.54, 1.807) is 0 Å². The fraction of sp³-hybridized carbons (Fsp3) is 0.333. The number of aliphatic hydroxyl groups is 2. The zero-order chi connectivity index (χ0) is 13.1. The molecule has 0 bridgehead atoms. The summed E-state index contributed by atoms with van der Waals surface area (Å²) in [5, 5.41) is 26.4. The maximum absolute atomic E-state index is 11.4. The molecule has 3 N–H and O–H groups in total. The Hall–Kier alpha value is -2.35. The van der Waals surface area contributed by atoms with E-state index in [-0.39, 0.29) is 17.6 Å². The van der Waals surface area contributed by atoms with Crippen LogP contribution in [0.15, 0.2) is 28.5 Å². The normalized spacial score (nSPS) is 14.1. The van der Waals surface area contributed by atoms with Crippen LogP contribution in [0.4, 0.5) is 0 Å². The largest absolute Gasteiger partial charge is 0.390 e. The number of aromatic nitrogens is 3. The molecule has 0 aliphatic heterocycles. The van der Waals surface area contributed by atoms with Gasteiger partial charge in [-0.3, -0.25) is 4.79 Å². The van der Waals surface area contributed by atoms with Crippen LogP contribution in [0.5, 0.6) is 0 Å². The highest BCUT2D eigenvalue weighted by Gasteiger charge is 2.19. The van der Waals surface area contributed by atoms with Crippen molar-refractivity contribution in [3.63, 3.8) is 0 Å². The third kappa shape index (κ3) is 2.18. The molecule has 9 heteroatoms. The summed E-state index contributed by atoms with van der Waals surface area (Å²) in [4.78, 5) is 16.3. The van der Waals surface area contributed by atoms with Gasteiger partial charge in [0.2, 0.25) is 0 Å². The number of rotatable bonds is 4. The summed E-state index contributed by atoms with van der Waals surface area (Å²) >= 11 is 0. The summed E-state index contributed by atoms with van der Waals surface area (Å²) in [6.07, 6.45) is 0.158. The van der Waals surface area contributed by atoms with Crippen molar-refractivity contribution >= 4 is 5.52 Å². The minimum Gasteiger partial charge on any atom is -0.390 e. The Balaban J connectivity index is 2.33. The molecule has 2 rings (SSSR count). The highest BCUT2D eigenvalue weighted by Crippen LogP contribution is 2.18. The van der Waals surface area contributed by atoms with Crippen molar-refractivity contribution in [2.45, 2.75) is 12.2 Å². The first kappa shape index (κ1) is 12.1. The number of nitrogens with zero attached hydrogens (tertiary/aromatic N) is 5. The summed E-state index contributed by atoms with van der Waals surface area (Å²) in [6.45, 7) is -0.256. The molecule has 2 aromatic heterocycles. The van der Waals surface area contributed by atoms with Gasteiger partial charge in [0.1, 0.15) is 17.9 Å². The number of H-pyrrole nitrogens is 1. The average molecular weight is 250 g/mol. The first-order valence-corrected chi connectivity index (χ1v) is 5.06. The lowest BCUT2D eigenvalue weighted by molar-refractivity contribution is 0.0244. The Morgan fingerprint density at radius 2 is 2.39 bits per heavy atom. The number of azide groups is 1. The molecule has 0 spiro atoms. The quantitative estimate of drug-likeness (QED) is 0.390. The fourth-order valence-corrected chi connectivity index (χ4v) is 1.56. The molecule has 0 amide bonds. The Labute approximate surface area is 99.9 Å². The van der Waals surface area contributed by atoms with Crippen molar-refractivity contribution < 1.29 is 10.2 Å². The van der Waals surface area contributed by atoms with Gasteiger partial charge in [0, 0.05) is 16.7 Å². The standard InChI is InChI=1S/C9H10N6O3/c10-14-12-2-7(16)8(17)5-1-6-9(18)11-4-13-15(6)3-5/h1,3-4,7-8,16-17H,2H2,(H,11,13,18). The van der Waals surface area contributed by atoms with E-state index >= 15 is 0 Å². The van der Waals surface area contributed by atoms with E-state index in [0.29, 0.717) is 5.56 Å². The van der Waals surface area contributed by atoms with Crippen LogP contribution in [-0.2, 0) is 0 Å². The molecule has 0 aromatic carbocycles. The number of hydrogen-bond acceptors (Lipinski definition) is 5. The molecule has 0 saturated heterocycles. The SMILES string of the molecule is [N-]=[N+]=NCC(O)C(O)c1cc2c(=O)[nH]cnn2c1. The lowest BCUT2D eigenvalue weighted by Crippen LogP contribution is -2.20. The number of nitrogens with one attached hydrogen (secondary N) is 1. The topological polar surface area (TPSA) is 139 Å². The van der Waals surface area contributed by atoms with Crippen molar-refractivity contribution in [1.29, 1.82) is 0 Å². The third-order valence-electron chi connectivity index (χ3n) is 2.47. The number of fused-ring (bicyclic) bond motifs is 1. The summed E-state index contributed by atoms with van der Waals surface area (Å²) in [6, 6.07) is 1.41. The fourth-order valence-electron chi connectivity index (χ4n) is 1.56. The van der Waals surface area contributed by atoms with Gasteiger partial charge < -0.3 is 15.2 Å². The molecular formula is C9H10N6O3. The van der Waals surface area contributed by atoms with E-state index in [9.17, 15) is 15.0 Å². The van der Waals surface area contributed by atoms with Crippen LogP contribution < -0.4 is 5.56 Å². The smallest absolute Gasteiger partial charge is 0.275 e. The van der Waals surface area contributed by atoms with Crippen LogP contribution >= 0.6 is 0 Å². The van der Waals surface area contributed by atoms with E-state index < -0.39 is 12.2 Å². The predicted molar refractivity (Wildman–Crippen MR) is 60.8 cm³/mol. The van der Waals surface area contributed by atoms with Crippen LogP contribution in [0.3, 0.4) is 0 Å². The van der Waals surface area contributed by atoms with Crippen molar-refractivity contribution in [3.05, 3.63) is 45.0 Å². The highest BCUT2D eigenvalue weighted by molar-refractivity contribution is 5.47. The van der Waals surface area contributed by atoms with Gasteiger partial charge in [-0.15, -0.1) is 0 Å². The lowest BCUT2D eigenvalue weighted by Gasteiger charge is -2.13. The zero-order valence-electron chi connectivity index (χ0n) is 9.13. The Kier molecular flexibility index (Phi) is 3.28. The molecule has 18 heavy (non-hydrogen) atoms. The Morgan fingerprint density at radius 3 is 3.06 bits per heavy atom. The molecule has 0 aliphatic carbocycles. The second-order valence-corrected chi connectivity index (χ2v) is 3.65. The highest BCUT2D eigenvalue weighted by atomic mass is 16.3. The monoisotopic (exact) mass is 250 g/mol. The van der Waals surface area contributed by atoms with Gasteiger partial charge >= 0.3 is 0 Å². The van der Waals surface area contributed by atoms with Crippen LogP contribution in [0.1, 0.15) is 11.7 Å². The minimum absolute atomic E-state index is 0.252. The molecular weight excluding hydrogens is 240 g/mol. The molecule has 0 saturated carbocycles. The summed E-state index contributed by atoms with van der Waals surface area (Å²) in [5.41, 5.74) is 8.34. The van der Waals surface area contributed by atoms with Gasteiger partial charge in [0.15, 0.2) is 0 Å². The summed E-state index contributed by atoms with van der Waals surface area (Å²) in [7, 11) is 0. The van der Waals surface area contributed by atoms with Crippen molar-refractivity contribution in [2.75, 3.05) is 6.54 Å². The summed E-state index contributed by atoms with van der Waals surface area (Å²) in [5.74, 6) is 0. The molecule has 0 fully saturated rings. The van der Waals surface area contributed by atoms with Gasteiger partial charge in [0.05, 0.1) is 12.6 Å². The van der Waals surface area contributed by atoms with Crippen LogP contribution in [0, 0.1) is 0 Å². The molecule has 94 valence electrons. The number of aliphatic hydroxyl groups excluding tert-OH is 2. The lowest BCUT2D eigenvalue weighted by atomic mass is 10.1. The minimum atomic E-state index is -1.25. The van der Waals surface area contributed by atoms with Gasteiger partial charge in [0.25, 0.3) is 5.56 Å². The maximum Gasteiger partial charge on any atom is 0.275 e. The molecule has 2 atom stereocenters. The second kappa shape index (κ2) is 4.88. The van der Waals surface area contributed by atoms with Gasteiger partial charge in [-0.05, 0) is 11.6 Å². The third-order valence-corrected chi connectivity index (χ3v) is 2.47. The first-order valence-electron chi connectivity index (χ1n) is 5.06. The van der Waals surface area contributed by atoms with E-state index in [1.807, 2.05) is 0 Å². The zero-order valence-corrected chi connectivity index (χ0v) is 9.13. The molecule has 2 heterocycles. The Bertz CT molecular complexity index is 656. The van der Waals surface area contributed by atoms with E-state index in [2.05, 4.69) is 20.1 Å². The van der Waals surface area contributed by atoms with Crippen LogP contribution in [0.2, 0.25) is 0 Å². The van der Waals surface area contributed by atoms with Crippen molar-refractivity contribution in [1.82, 2.24) is 14.6 Å². The second-order valence-electron chi connectivity index (χ2n) is 3.65. The predicted octanol–water partition coefficient (Wildman–Crippen LogP) is -0.273. The Morgan fingerprint density at radius 1 is 1.61 bits per heavy atom. The van der Waals surface area contributed by atoms with E-state index in [0.717, 1.165) is 0 Å². The average Bonchev–Trinajstić information content (AvgIpc) is 2.80. The molecule has 2 unspecified atom stereocenters. The van der Waals surface area contributed by atoms with E-state index in [1.165, 1.54) is 23.1 Å². The molecule has 2 aromatic rings. The van der Waals surface area contributed by atoms with Gasteiger partial charge in [-0.25, -0.2) is 4.52 Å². The van der Waals surface area contributed by atoms with Gasteiger partial charge in [-0.1, -0.05) is 5.11 Å². The number of hydrogen-bond donors (Lipinski definition) is 3. The molecule has 9 nitrogen and oxygen atoms in total. The van der Waals surface area contributed by atoms with Crippen LogP contribution in [0.25, 0.3) is 16.0 Å². The first-order chi connectivity index (χ1) is 8.63.